The van der Waals surface area contributed by atoms with Crippen LogP contribution >= 0.6 is 0 Å². The molecule has 2 aliphatic rings. The van der Waals surface area contributed by atoms with Crippen molar-refractivity contribution in [3.8, 4) is 11.1 Å². The van der Waals surface area contributed by atoms with E-state index in [9.17, 15) is 9.59 Å². The van der Waals surface area contributed by atoms with Gasteiger partial charge in [-0.2, -0.15) is 0 Å². The lowest BCUT2D eigenvalue weighted by Crippen LogP contribution is -2.47. The van der Waals surface area contributed by atoms with Crippen LogP contribution in [0.1, 0.15) is 64.4 Å². The molecule has 0 spiro atoms. The van der Waals surface area contributed by atoms with Crippen molar-refractivity contribution in [3.05, 3.63) is 54.4 Å². The first kappa shape index (κ1) is 23.5. The first-order valence-electron chi connectivity index (χ1n) is 12.5. The standard InChI is InChI=1S/C28H37N3O2/c1-21(2)30-27(33)28(14-16-31(20-28)26(32)17-22-9-4-3-5-10-22)18-23-11-6-7-13-25(23)24-12-8-15-29-19-24/h6-8,11-13,15,19,21-22H,3-5,9-10,14,16-18,20H2,1-2H3,(H,30,33). The highest BCUT2D eigenvalue weighted by molar-refractivity contribution is 5.86. The molecule has 33 heavy (non-hydrogen) atoms. The van der Waals surface area contributed by atoms with Crippen LogP contribution in [0.3, 0.4) is 0 Å². The molecule has 1 aliphatic carbocycles. The number of rotatable bonds is 7. The molecule has 176 valence electrons. The summed E-state index contributed by atoms with van der Waals surface area (Å²) in [4.78, 5) is 32.9. The van der Waals surface area contributed by atoms with Crippen LogP contribution in [0.2, 0.25) is 0 Å². The number of hydrogen-bond acceptors (Lipinski definition) is 3. The van der Waals surface area contributed by atoms with Crippen LogP contribution in [0, 0.1) is 11.3 Å². The fourth-order valence-corrected chi connectivity index (χ4v) is 5.52. The lowest BCUT2D eigenvalue weighted by molar-refractivity contribution is -0.134. The van der Waals surface area contributed by atoms with E-state index < -0.39 is 5.41 Å². The Kier molecular flexibility index (Phi) is 7.46. The second-order valence-corrected chi connectivity index (χ2v) is 10.3. The van der Waals surface area contributed by atoms with Crippen LogP contribution < -0.4 is 5.32 Å². The van der Waals surface area contributed by atoms with Gasteiger partial charge in [-0.25, -0.2) is 0 Å². The smallest absolute Gasteiger partial charge is 0.228 e. The number of carbonyl (C=O) groups is 2. The summed E-state index contributed by atoms with van der Waals surface area (Å²) < 4.78 is 0. The monoisotopic (exact) mass is 447 g/mol. The minimum Gasteiger partial charge on any atom is -0.353 e. The fraction of sp³-hybridized carbons (Fsp3) is 0.536. The molecule has 4 rings (SSSR count). The number of hydrogen-bond donors (Lipinski definition) is 1. The Morgan fingerprint density at radius 1 is 1.12 bits per heavy atom. The third-order valence-electron chi connectivity index (χ3n) is 7.31. The average Bonchev–Trinajstić information content (AvgIpc) is 3.26. The Hall–Kier alpha value is -2.69. The van der Waals surface area contributed by atoms with E-state index in [1.807, 2.05) is 43.1 Å². The Bertz CT molecular complexity index is 953. The second kappa shape index (κ2) is 10.5. The SMILES string of the molecule is CC(C)NC(=O)C1(Cc2ccccc2-c2cccnc2)CCN(C(=O)CC2CCCCC2)C1. The quantitative estimate of drug-likeness (QED) is 0.649. The first-order valence-corrected chi connectivity index (χ1v) is 12.5. The van der Waals surface area contributed by atoms with Crippen molar-refractivity contribution < 1.29 is 9.59 Å². The maximum atomic E-state index is 13.5. The van der Waals surface area contributed by atoms with E-state index in [4.69, 9.17) is 0 Å². The molecule has 2 heterocycles. The molecular formula is C28H37N3O2. The molecule has 1 N–H and O–H groups in total. The van der Waals surface area contributed by atoms with Gasteiger partial charge in [-0.1, -0.05) is 49.6 Å². The highest BCUT2D eigenvalue weighted by atomic mass is 16.2. The van der Waals surface area contributed by atoms with Crippen molar-refractivity contribution in [1.82, 2.24) is 15.2 Å². The Morgan fingerprint density at radius 3 is 2.64 bits per heavy atom. The van der Waals surface area contributed by atoms with Gasteiger partial charge in [-0.15, -0.1) is 0 Å². The van der Waals surface area contributed by atoms with Gasteiger partial charge in [-0.05, 0) is 62.6 Å². The van der Waals surface area contributed by atoms with Gasteiger partial charge in [0.2, 0.25) is 11.8 Å². The van der Waals surface area contributed by atoms with Crippen molar-refractivity contribution in [2.24, 2.45) is 11.3 Å². The van der Waals surface area contributed by atoms with Gasteiger partial charge in [0.25, 0.3) is 0 Å². The van der Waals surface area contributed by atoms with Gasteiger partial charge in [0, 0.05) is 43.5 Å². The molecular weight excluding hydrogens is 410 g/mol. The summed E-state index contributed by atoms with van der Waals surface area (Å²) in [5, 5.41) is 3.16. The predicted octanol–water partition coefficient (Wildman–Crippen LogP) is 5.00. The summed E-state index contributed by atoms with van der Waals surface area (Å²) >= 11 is 0. The van der Waals surface area contributed by atoms with Gasteiger partial charge in [0.15, 0.2) is 0 Å². The number of aromatic nitrogens is 1. The van der Waals surface area contributed by atoms with Crippen LogP contribution in [0.5, 0.6) is 0 Å². The summed E-state index contributed by atoms with van der Waals surface area (Å²) in [6, 6.07) is 12.3. The van der Waals surface area contributed by atoms with Crippen LogP contribution in [0.4, 0.5) is 0 Å². The third kappa shape index (κ3) is 5.63. The normalized spacial score (nSPS) is 21.4. The van der Waals surface area contributed by atoms with Crippen LogP contribution in [0.15, 0.2) is 48.8 Å². The van der Waals surface area contributed by atoms with E-state index in [0.29, 0.717) is 38.3 Å². The van der Waals surface area contributed by atoms with Gasteiger partial charge in [0.1, 0.15) is 0 Å². The van der Waals surface area contributed by atoms with Crippen molar-refractivity contribution in [3.63, 3.8) is 0 Å². The molecule has 5 heteroatoms. The molecule has 0 radical (unpaired) electrons. The van der Waals surface area contributed by atoms with Gasteiger partial charge >= 0.3 is 0 Å². The van der Waals surface area contributed by atoms with Crippen LogP contribution in [-0.4, -0.2) is 40.8 Å². The lowest BCUT2D eigenvalue weighted by atomic mass is 9.78. The second-order valence-electron chi connectivity index (χ2n) is 10.3. The van der Waals surface area contributed by atoms with E-state index >= 15 is 0 Å². The van der Waals surface area contributed by atoms with Crippen molar-refractivity contribution in [2.75, 3.05) is 13.1 Å². The molecule has 1 aliphatic heterocycles. The number of nitrogens with zero attached hydrogens (tertiary/aromatic N) is 2. The van der Waals surface area contributed by atoms with Crippen LogP contribution in [-0.2, 0) is 16.0 Å². The number of benzene rings is 1. The summed E-state index contributed by atoms with van der Waals surface area (Å²) in [5.74, 6) is 0.796. The zero-order valence-corrected chi connectivity index (χ0v) is 20.1. The molecule has 1 unspecified atom stereocenters. The maximum Gasteiger partial charge on any atom is 0.228 e. The highest BCUT2D eigenvalue weighted by Gasteiger charge is 2.46. The third-order valence-corrected chi connectivity index (χ3v) is 7.31. The molecule has 1 saturated heterocycles. The topological polar surface area (TPSA) is 62.3 Å². The molecule has 2 fully saturated rings. The largest absolute Gasteiger partial charge is 0.353 e. The number of amides is 2. The van der Waals surface area contributed by atoms with Gasteiger partial charge < -0.3 is 10.2 Å². The predicted molar refractivity (Wildman–Crippen MR) is 131 cm³/mol. The molecule has 1 aromatic carbocycles. The van der Waals surface area contributed by atoms with E-state index in [1.54, 1.807) is 6.20 Å². The van der Waals surface area contributed by atoms with E-state index in [2.05, 4.69) is 28.5 Å². The van der Waals surface area contributed by atoms with E-state index in [1.165, 1.54) is 19.3 Å². The van der Waals surface area contributed by atoms with Crippen molar-refractivity contribution in [1.29, 1.82) is 0 Å². The highest BCUT2D eigenvalue weighted by Crippen LogP contribution is 2.38. The molecule has 5 nitrogen and oxygen atoms in total. The number of carbonyl (C=O) groups excluding carboxylic acids is 2. The molecule has 1 saturated carbocycles. The molecule has 2 amide bonds. The van der Waals surface area contributed by atoms with E-state index in [0.717, 1.165) is 29.5 Å². The molecule has 2 aromatic rings. The number of pyridine rings is 1. The Balaban J connectivity index is 1.57. The molecule has 1 atom stereocenters. The average molecular weight is 448 g/mol. The van der Waals surface area contributed by atoms with E-state index in [-0.39, 0.29) is 17.9 Å². The summed E-state index contributed by atoms with van der Waals surface area (Å²) in [6.07, 6.45) is 11.7. The minimum atomic E-state index is -0.606. The summed E-state index contributed by atoms with van der Waals surface area (Å²) in [5.41, 5.74) is 2.68. The Morgan fingerprint density at radius 2 is 1.91 bits per heavy atom. The van der Waals surface area contributed by atoms with Gasteiger partial charge in [-0.3, -0.25) is 14.6 Å². The molecule has 1 aromatic heterocycles. The first-order chi connectivity index (χ1) is 16.0. The van der Waals surface area contributed by atoms with Gasteiger partial charge in [0.05, 0.1) is 5.41 Å². The van der Waals surface area contributed by atoms with Crippen molar-refractivity contribution in [2.45, 2.75) is 71.3 Å². The van der Waals surface area contributed by atoms with Crippen molar-refractivity contribution >= 4 is 11.8 Å². The lowest BCUT2D eigenvalue weighted by Gasteiger charge is -2.31. The fourth-order valence-electron chi connectivity index (χ4n) is 5.52. The zero-order chi connectivity index (χ0) is 23.3. The number of nitrogens with one attached hydrogen (secondary N) is 1. The molecule has 0 bridgehead atoms. The summed E-state index contributed by atoms with van der Waals surface area (Å²) in [6.45, 7) is 5.15. The summed E-state index contributed by atoms with van der Waals surface area (Å²) in [7, 11) is 0. The van der Waals surface area contributed by atoms with Crippen LogP contribution in [0.25, 0.3) is 11.1 Å². The Labute approximate surface area is 198 Å². The number of likely N-dealkylation sites (tertiary alicyclic amines) is 1. The minimum absolute atomic E-state index is 0.0615. The zero-order valence-electron chi connectivity index (χ0n) is 20.1. The maximum absolute atomic E-state index is 13.5.